The molecule has 0 amide bonds. The lowest BCUT2D eigenvalue weighted by Crippen LogP contribution is -2.26. The summed E-state index contributed by atoms with van der Waals surface area (Å²) in [7, 11) is 0. The molecule has 0 aliphatic carbocycles. The van der Waals surface area contributed by atoms with E-state index in [1.165, 1.54) is 0 Å². The van der Waals surface area contributed by atoms with Gasteiger partial charge in [-0.1, -0.05) is 6.07 Å². The van der Waals surface area contributed by atoms with Crippen molar-refractivity contribution in [1.82, 2.24) is 4.98 Å². The summed E-state index contributed by atoms with van der Waals surface area (Å²) in [6.45, 7) is 3.25. The predicted molar refractivity (Wildman–Crippen MR) is 90.5 cm³/mol. The number of anilines is 1. The van der Waals surface area contributed by atoms with Gasteiger partial charge in [0.05, 0.1) is 18.8 Å². The van der Waals surface area contributed by atoms with Crippen LogP contribution in [0.2, 0.25) is 0 Å². The van der Waals surface area contributed by atoms with Gasteiger partial charge >= 0.3 is 0 Å². The molecule has 0 radical (unpaired) electrons. The van der Waals surface area contributed by atoms with Crippen LogP contribution < -0.4 is 10.5 Å². The van der Waals surface area contributed by atoms with Crippen molar-refractivity contribution in [3.8, 4) is 17.0 Å². The van der Waals surface area contributed by atoms with Gasteiger partial charge in [0, 0.05) is 30.3 Å². The first-order valence-electron chi connectivity index (χ1n) is 8.01. The minimum absolute atomic E-state index is 0.0243. The van der Waals surface area contributed by atoms with Crippen molar-refractivity contribution in [2.24, 2.45) is 0 Å². The number of nitrogens with zero attached hydrogens (tertiary/aromatic N) is 1. The summed E-state index contributed by atoms with van der Waals surface area (Å²) in [4.78, 5) is 4.32. The fourth-order valence-corrected chi connectivity index (χ4v) is 2.80. The Balaban J connectivity index is 1.93. The fraction of sp³-hybridized carbons (Fsp3) is 0.389. The maximum Gasteiger partial charge on any atom is 0.222 e. The molecule has 6 heteroatoms. The fourth-order valence-electron chi connectivity index (χ4n) is 2.80. The highest BCUT2D eigenvalue weighted by atomic mass is 16.5. The van der Waals surface area contributed by atoms with Crippen LogP contribution in [-0.2, 0) is 4.74 Å². The monoisotopic (exact) mass is 330 g/mol. The lowest BCUT2D eigenvalue weighted by Gasteiger charge is -2.24. The van der Waals surface area contributed by atoms with Gasteiger partial charge < -0.3 is 25.4 Å². The zero-order valence-corrected chi connectivity index (χ0v) is 13.6. The Morgan fingerprint density at radius 3 is 2.71 bits per heavy atom. The third-order valence-corrected chi connectivity index (χ3v) is 4.18. The second kappa shape index (κ2) is 7.17. The zero-order valence-electron chi connectivity index (χ0n) is 13.6. The minimum Gasteiger partial charge on any atom is -0.474 e. The minimum atomic E-state index is -1.66. The van der Waals surface area contributed by atoms with Crippen LogP contribution in [0.15, 0.2) is 30.5 Å². The molecule has 6 nitrogen and oxygen atoms in total. The van der Waals surface area contributed by atoms with Gasteiger partial charge in [0.25, 0.3) is 0 Å². The molecule has 4 N–H and O–H groups in total. The van der Waals surface area contributed by atoms with Crippen LogP contribution in [0.5, 0.6) is 5.88 Å². The molecule has 2 aromatic rings. The molecule has 128 valence electrons. The van der Waals surface area contributed by atoms with Gasteiger partial charge in [0.1, 0.15) is 6.10 Å². The number of nitrogens with two attached hydrogens (primary N) is 1. The molecule has 24 heavy (non-hydrogen) atoms. The summed E-state index contributed by atoms with van der Waals surface area (Å²) in [5.41, 5.74) is 9.45. The number of aliphatic hydroxyl groups is 2. The molecule has 1 aromatic heterocycles. The van der Waals surface area contributed by atoms with Gasteiger partial charge in [0.15, 0.2) is 6.29 Å². The topological polar surface area (TPSA) is 97.8 Å². The molecule has 1 aliphatic heterocycles. The normalized spacial score (nSPS) is 15.7. The predicted octanol–water partition coefficient (Wildman–Crippen LogP) is 2.18. The number of benzene rings is 1. The molecule has 0 saturated carbocycles. The highest BCUT2D eigenvalue weighted by Crippen LogP contribution is 2.31. The van der Waals surface area contributed by atoms with E-state index in [1.54, 1.807) is 12.3 Å². The Morgan fingerprint density at radius 1 is 1.25 bits per heavy atom. The molecule has 1 fully saturated rings. The third kappa shape index (κ3) is 3.67. The van der Waals surface area contributed by atoms with Crippen LogP contribution in [0, 0.1) is 6.92 Å². The van der Waals surface area contributed by atoms with E-state index in [4.69, 9.17) is 15.2 Å². The van der Waals surface area contributed by atoms with E-state index in [0.29, 0.717) is 18.9 Å². The summed E-state index contributed by atoms with van der Waals surface area (Å²) in [5, 5.41) is 19.4. The average Bonchev–Trinajstić information content (AvgIpc) is 2.58. The van der Waals surface area contributed by atoms with Gasteiger partial charge in [-0.05, 0) is 36.2 Å². The van der Waals surface area contributed by atoms with E-state index in [9.17, 15) is 10.2 Å². The second-order valence-corrected chi connectivity index (χ2v) is 6.00. The number of hydrogen-bond acceptors (Lipinski definition) is 6. The van der Waals surface area contributed by atoms with Gasteiger partial charge in [-0.15, -0.1) is 0 Å². The highest BCUT2D eigenvalue weighted by Gasteiger charge is 2.21. The standard InChI is InChI=1S/C18H22N2O4/c1-11-2-3-13(19)9-15(11)12-8-16(18(21)22)17(20-10-12)24-14-4-6-23-7-5-14/h2-3,8-10,14,18,21-22H,4-7,19H2,1H3. The van der Waals surface area contributed by atoms with Crippen LogP contribution in [0.4, 0.5) is 5.69 Å². The van der Waals surface area contributed by atoms with Crippen molar-refractivity contribution in [3.05, 3.63) is 41.6 Å². The lowest BCUT2D eigenvalue weighted by atomic mass is 10.00. The number of hydrogen-bond donors (Lipinski definition) is 3. The second-order valence-electron chi connectivity index (χ2n) is 6.00. The number of rotatable bonds is 4. The Bertz CT molecular complexity index is 712. The molecule has 1 aliphatic rings. The molecular weight excluding hydrogens is 308 g/mol. The quantitative estimate of drug-likeness (QED) is 0.587. The Hall–Kier alpha value is -2.15. The Kier molecular flexibility index (Phi) is 4.99. The number of ether oxygens (including phenoxy) is 2. The van der Waals surface area contributed by atoms with Crippen molar-refractivity contribution in [3.63, 3.8) is 0 Å². The molecule has 0 atom stereocenters. The van der Waals surface area contributed by atoms with Gasteiger partial charge in [0.2, 0.25) is 5.88 Å². The maximum atomic E-state index is 9.72. The highest BCUT2D eigenvalue weighted by molar-refractivity contribution is 5.71. The van der Waals surface area contributed by atoms with Crippen LogP contribution in [0.25, 0.3) is 11.1 Å². The summed E-state index contributed by atoms with van der Waals surface area (Å²) < 4.78 is 11.2. The number of aryl methyl sites for hydroxylation is 1. The maximum absolute atomic E-state index is 9.72. The third-order valence-electron chi connectivity index (χ3n) is 4.18. The van der Waals surface area contributed by atoms with Crippen LogP contribution in [0.3, 0.4) is 0 Å². The van der Waals surface area contributed by atoms with Crippen molar-refractivity contribution in [1.29, 1.82) is 0 Å². The Labute approximate surface area is 140 Å². The summed E-state index contributed by atoms with van der Waals surface area (Å²) in [6.07, 6.45) is 1.51. The number of pyridine rings is 1. The number of nitrogen functional groups attached to an aromatic ring is 1. The van der Waals surface area contributed by atoms with E-state index in [2.05, 4.69) is 4.98 Å². The molecule has 0 bridgehead atoms. The molecule has 0 spiro atoms. The van der Waals surface area contributed by atoms with Crippen molar-refractivity contribution in [2.75, 3.05) is 18.9 Å². The van der Waals surface area contributed by atoms with Gasteiger partial charge in [-0.25, -0.2) is 4.98 Å². The first kappa shape index (κ1) is 16.7. The van der Waals surface area contributed by atoms with Crippen LogP contribution in [0.1, 0.15) is 30.3 Å². The largest absolute Gasteiger partial charge is 0.474 e. The summed E-state index contributed by atoms with van der Waals surface area (Å²) >= 11 is 0. The molecule has 0 unspecified atom stereocenters. The SMILES string of the molecule is Cc1ccc(N)cc1-c1cnc(OC2CCOCC2)c(C(O)O)c1. The molecular formula is C18H22N2O4. The molecule has 1 saturated heterocycles. The summed E-state index contributed by atoms with van der Waals surface area (Å²) in [5.74, 6) is 0.252. The first-order valence-corrected chi connectivity index (χ1v) is 8.01. The van der Waals surface area contributed by atoms with Crippen molar-refractivity contribution in [2.45, 2.75) is 32.2 Å². The number of aliphatic hydroxyl groups excluding tert-OH is 1. The molecule has 1 aromatic carbocycles. The van der Waals surface area contributed by atoms with E-state index in [1.807, 2.05) is 25.1 Å². The van der Waals surface area contributed by atoms with E-state index < -0.39 is 6.29 Å². The van der Waals surface area contributed by atoms with E-state index >= 15 is 0 Å². The zero-order chi connectivity index (χ0) is 17.1. The average molecular weight is 330 g/mol. The smallest absolute Gasteiger partial charge is 0.222 e. The van der Waals surface area contributed by atoms with Crippen molar-refractivity contribution >= 4 is 5.69 Å². The first-order chi connectivity index (χ1) is 11.5. The van der Waals surface area contributed by atoms with Gasteiger partial charge in [-0.2, -0.15) is 0 Å². The van der Waals surface area contributed by atoms with Gasteiger partial charge in [-0.3, -0.25) is 0 Å². The van der Waals surface area contributed by atoms with Crippen LogP contribution >= 0.6 is 0 Å². The molecule has 2 heterocycles. The Morgan fingerprint density at radius 2 is 2.00 bits per heavy atom. The van der Waals surface area contributed by atoms with E-state index in [0.717, 1.165) is 29.5 Å². The van der Waals surface area contributed by atoms with Crippen molar-refractivity contribution < 1.29 is 19.7 Å². The van der Waals surface area contributed by atoms with E-state index in [-0.39, 0.29) is 17.5 Å². The number of aromatic nitrogens is 1. The lowest BCUT2D eigenvalue weighted by molar-refractivity contribution is -0.0467. The molecule has 3 rings (SSSR count). The van der Waals surface area contributed by atoms with Crippen LogP contribution in [-0.4, -0.2) is 34.5 Å². The summed E-state index contributed by atoms with van der Waals surface area (Å²) in [6, 6.07) is 7.29.